The maximum absolute atomic E-state index is 5.80. The van der Waals surface area contributed by atoms with Crippen LogP contribution in [0.1, 0.15) is 33.6 Å². The average molecular weight is 228 g/mol. The van der Waals surface area contributed by atoms with E-state index in [2.05, 4.69) is 25.7 Å². The summed E-state index contributed by atoms with van der Waals surface area (Å²) in [6.07, 6.45) is 2.44. The third-order valence-electron chi connectivity index (χ3n) is 3.51. The molecule has 1 aliphatic rings. The number of nitrogens with two attached hydrogens (primary N) is 1. The second-order valence-electron chi connectivity index (χ2n) is 5.75. The van der Waals surface area contributed by atoms with Crippen molar-refractivity contribution < 1.29 is 4.74 Å². The normalized spacial score (nSPS) is 19.3. The van der Waals surface area contributed by atoms with E-state index in [4.69, 9.17) is 10.5 Å². The number of ether oxygens (including phenoxy) is 1. The van der Waals surface area contributed by atoms with E-state index in [-0.39, 0.29) is 5.41 Å². The minimum absolute atomic E-state index is 0.237. The second-order valence-corrected chi connectivity index (χ2v) is 5.75. The predicted molar refractivity (Wildman–Crippen MR) is 68.5 cm³/mol. The van der Waals surface area contributed by atoms with Crippen molar-refractivity contribution in [3.63, 3.8) is 0 Å². The molecule has 0 atom stereocenters. The van der Waals surface area contributed by atoms with Gasteiger partial charge in [0.1, 0.15) is 0 Å². The molecule has 3 nitrogen and oxygen atoms in total. The Morgan fingerprint density at radius 3 is 2.44 bits per heavy atom. The van der Waals surface area contributed by atoms with Crippen LogP contribution in [0.15, 0.2) is 0 Å². The summed E-state index contributed by atoms with van der Waals surface area (Å²) in [6.45, 7) is 12.8. The average Bonchev–Trinajstić information content (AvgIpc) is 2.29. The van der Waals surface area contributed by atoms with E-state index >= 15 is 0 Å². The van der Waals surface area contributed by atoms with Gasteiger partial charge in [-0.25, -0.2) is 0 Å². The third kappa shape index (κ3) is 4.81. The van der Waals surface area contributed by atoms with Crippen molar-refractivity contribution in [1.29, 1.82) is 0 Å². The van der Waals surface area contributed by atoms with Crippen LogP contribution in [0.2, 0.25) is 0 Å². The molecule has 0 aliphatic carbocycles. The van der Waals surface area contributed by atoms with Crippen LogP contribution < -0.4 is 5.73 Å². The topological polar surface area (TPSA) is 38.5 Å². The standard InChI is InChI=1S/C13H28N2O/c1-4-15(11-13(2,3)10-14)9-12-5-7-16-8-6-12/h12H,4-11,14H2,1-3H3. The van der Waals surface area contributed by atoms with E-state index in [1.165, 1.54) is 19.4 Å². The van der Waals surface area contributed by atoms with E-state index in [0.717, 1.165) is 38.8 Å². The van der Waals surface area contributed by atoms with Crippen LogP contribution >= 0.6 is 0 Å². The van der Waals surface area contributed by atoms with Crippen LogP contribution in [0.3, 0.4) is 0 Å². The van der Waals surface area contributed by atoms with Gasteiger partial charge in [0.2, 0.25) is 0 Å². The first kappa shape index (κ1) is 13.9. The highest BCUT2D eigenvalue weighted by Crippen LogP contribution is 2.20. The highest BCUT2D eigenvalue weighted by atomic mass is 16.5. The van der Waals surface area contributed by atoms with Crippen molar-refractivity contribution in [1.82, 2.24) is 4.90 Å². The van der Waals surface area contributed by atoms with E-state index in [9.17, 15) is 0 Å². The van der Waals surface area contributed by atoms with Gasteiger partial charge in [-0.2, -0.15) is 0 Å². The fourth-order valence-electron chi connectivity index (χ4n) is 2.27. The molecule has 0 bridgehead atoms. The van der Waals surface area contributed by atoms with Crippen LogP contribution in [-0.4, -0.2) is 44.3 Å². The Morgan fingerprint density at radius 2 is 1.94 bits per heavy atom. The molecule has 16 heavy (non-hydrogen) atoms. The van der Waals surface area contributed by atoms with E-state index in [1.807, 2.05) is 0 Å². The minimum Gasteiger partial charge on any atom is -0.381 e. The fourth-order valence-corrected chi connectivity index (χ4v) is 2.27. The van der Waals surface area contributed by atoms with Gasteiger partial charge >= 0.3 is 0 Å². The summed E-state index contributed by atoms with van der Waals surface area (Å²) >= 11 is 0. The zero-order valence-electron chi connectivity index (χ0n) is 11.2. The van der Waals surface area contributed by atoms with Gasteiger partial charge in [0.15, 0.2) is 0 Å². The molecular weight excluding hydrogens is 200 g/mol. The quantitative estimate of drug-likeness (QED) is 0.752. The lowest BCUT2D eigenvalue weighted by Gasteiger charge is -2.34. The van der Waals surface area contributed by atoms with Gasteiger partial charge in [0.25, 0.3) is 0 Å². The van der Waals surface area contributed by atoms with Crippen LogP contribution in [0, 0.1) is 11.3 Å². The maximum atomic E-state index is 5.80. The van der Waals surface area contributed by atoms with E-state index in [0.29, 0.717) is 0 Å². The molecule has 0 aromatic rings. The Hall–Kier alpha value is -0.120. The van der Waals surface area contributed by atoms with E-state index < -0.39 is 0 Å². The summed E-state index contributed by atoms with van der Waals surface area (Å²) in [7, 11) is 0. The predicted octanol–water partition coefficient (Wildman–Crippen LogP) is 1.72. The summed E-state index contributed by atoms with van der Waals surface area (Å²) in [6, 6.07) is 0. The summed E-state index contributed by atoms with van der Waals surface area (Å²) in [5.74, 6) is 0.822. The zero-order valence-corrected chi connectivity index (χ0v) is 11.2. The van der Waals surface area contributed by atoms with Crippen molar-refractivity contribution in [3.8, 4) is 0 Å². The van der Waals surface area contributed by atoms with Gasteiger partial charge in [-0.05, 0) is 37.3 Å². The van der Waals surface area contributed by atoms with Gasteiger partial charge < -0.3 is 15.4 Å². The van der Waals surface area contributed by atoms with Crippen LogP contribution in [0.4, 0.5) is 0 Å². The number of hydrogen-bond donors (Lipinski definition) is 1. The Bertz CT molecular complexity index is 188. The molecule has 0 aromatic heterocycles. The molecule has 1 fully saturated rings. The lowest BCUT2D eigenvalue weighted by molar-refractivity contribution is 0.0479. The first-order valence-electron chi connectivity index (χ1n) is 6.57. The van der Waals surface area contributed by atoms with Crippen molar-refractivity contribution >= 4 is 0 Å². The summed E-state index contributed by atoms with van der Waals surface area (Å²) in [5.41, 5.74) is 6.03. The van der Waals surface area contributed by atoms with Gasteiger partial charge in [-0.15, -0.1) is 0 Å². The van der Waals surface area contributed by atoms with Crippen molar-refractivity contribution in [2.75, 3.05) is 39.4 Å². The molecule has 0 amide bonds. The van der Waals surface area contributed by atoms with Gasteiger partial charge in [-0.3, -0.25) is 0 Å². The highest BCUT2D eigenvalue weighted by molar-refractivity contribution is 4.76. The largest absolute Gasteiger partial charge is 0.381 e. The summed E-state index contributed by atoms with van der Waals surface area (Å²) in [4.78, 5) is 2.54. The van der Waals surface area contributed by atoms with Crippen molar-refractivity contribution in [2.45, 2.75) is 33.6 Å². The van der Waals surface area contributed by atoms with Crippen molar-refractivity contribution in [2.24, 2.45) is 17.1 Å². The zero-order chi connectivity index (χ0) is 12.0. The number of hydrogen-bond acceptors (Lipinski definition) is 3. The molecule has 1 saturated heterocycles. The smallest absolute Gasteiger partial charge is 0.0469 e. The minimum atomic E-state index is 0.237. The fraction of sp³-hybridized carbons (Fsp3) is 1.00. The number of nitrogens with zero attached hydrogens (tertiary/aromatic N) is 1. The maximum Gasteiger partial charge on any atom is 0.0469 e. The Labute approximate surface area is 100 Å². The summed E-state index contributed by atoms with van der Waals surface area (Å²) in [5, 5.41) is 0. The lowest BCUT2D eigenvalue weighted by Crippen LogP contribution is -2.41. The summed E-state index contributed by atoms with van der Waals surface area (Å²) < 4.78 is 5.40. The van der Waals surface area contributed by atoms with E-state index in [1.54, 1.807) is 0 Å². The third-order valence-corrected chi connectivity index (χ3v) is 3.51. The van der Waals surface area contributed by atoms with Crippen LogP contribution in [0.5, 0.6) is 0 Å². The van der Waals surface area contributed by atoms with Crippen LogP contribution in [0.25, 0.3) is 0 Å². The molecule has 96 valence electrons. The molecule has 0 unspecified atom stereocenters. The number of rotatable bonds is 6. The first-order chi connectivity index (χ1) is 7.57. The highest BCUT2D eigenvalue weighted by Gasteiger charge is 2.22. The molecular formula is C13H28N2O. The van der Waals surface area contributed by atoms with Crippen LogP contribution in [-0.2, 0) is 4.74 Å². The van der Waals surface area contributed by atoms with Gasteiger partial charge in [0, 0.05) is 26.3 Å². The molecule has 1 heterocycles. The molecule has 0 spiro atoms. The molecule has 0 radical (unpaired) electrons. The SMILES string of the molecule is CCN(CC1CCOCC1)CC(C)(C)CN. The molecule has 3 heteroatoms. The Balaban J connectivity index is 2.35. The second kappa shape index (κ2) is 6.58. The first-order valence-corrected chi connectivity index (χ1v) is 6.57. The molecule has 1 aliphatic heterocycles. The molecule has 0 aromatic carbocycles. The van der Waals surface area contributed by atoms with Gasteiger partial charge in [-0.1, -0.05) is 20.8 Å². The molecule has 1 rings (SSSR count). The lowest BCUT2D eigenvalue weighted by atomic mass is 9.92. The Kier molecular flexibility index (Phi) is 5.73. The molecule has 0 saturated carbocycles. The Morgan fingerprint density at radius 1 is 1.31 bits per heavy atom. The molecule has 2 N–H and O–H groups in total. The monoisotopic (exact) mass is 228 g/mol. The van der Waals surface area contributed by atoms with Crippen molar-refractivity contribution in [3.05, 3.63) is 0 Å². The van der Waals surface area contributed by atoms with Gasteiger partial charge in [0.05, 0.1) is 0 Å².